The average Bonchev–Trinajstić information content (AvgIpc) is 3.12. The third kappa shape index (κ3) is 3.44. The van der Waals surface area contributed by atoms with Gasteiger partial charge in [0.1, 0.15) is 5.75 Å². The van der Waals surface area contributed by atoms with Gasteiger partial charge in [-0.1, -0.05) is 30.0 Å². The Hall–Kier alpha value is -2.16. The van der Waals surface area contributed by atoms with Crippen molar-refractivity contribution in [1.29, 1.82) is 0 Å². The molecular formula is C15H10N2O3S3. The Morgan fingerprint density at radius 1 is 1.30 bits per heavy atom. The zero-order valence-electron chi connectivity index (χ0n) is 11.6. The molecule has 1 aliphatic rings. The molecule has 2 heterocycles. The Bertz CT molecular complexity index is 815. The number of rotatable bonds is 3. The van der Waals surface area contributed by atoms with Gasteiger partial charge in [0.15, 0.2) is 4.32 Å². The molecule has 0 spiro atoms. The van der Waals surface area contributed by atoms with Crippen LogP contribution in [0.5, 0.6) is 5.75 Å². The summed E-state index contributed by atoms with van der Waals surface area (Å²) in [6, 6.07) is 9.95. The van der Waals surface area contributed by atoms with E-state index in [1.807, 2.05) is 0 Å². The average molecular weight is 362 g/mol. The van der Waals surface area contributed by atoms with Crippen LogP contribution in [0.3, 0.4) is 0 Å². The summed E-state index contributed by atoms with van der Waals surface area (Å²) in [6.45, 7) is 0. The van der Waals surface area contributed by atoms with E-state index in [1.165, 1.54) is 17.4 Å². The van der Waals surface area contributed by atoms with Crippen LogP contribution in [-0.2, 0) is 4.79 Å². The number of hydrogen-bond acceptors (Lipinski definition) is 6. The van der Waals surface area contributed by atoms with Gasteiger partial charge in [-0.2, -0.15) is 5.01 Å². The second-order valence-electron chi connectivity index (χ2n) is 4.53. The molecule has 23 heavy (non-hydrogen) atoms. The maximum atomic E-state index is 12.4. The minimum Gasteiger partial charge on any atom is -0.508 e. The SMILES string of the molecule is O=C(NN1C(=O)/C(=C/c2cccc(O)c2)SC1=S)c1cccs1. The third-order valence-corrected chi connectivity index (χ3v) is 5.09. The molecule has 1 fully saturated rings. The van der Waals surface area contributed by atoms with E-state index in [0.29, 0.717) is 15.3 Å². The second-order valence-corrected chi connectivity index (χ2v) is 7.15. The number of aromatic hydroxyl groups is 1. The number of thiocarbonyl (C=S) groups is 1. The van der Waals surface area contributed by atoms with E-state index in [2.05, 4.69) is 5.43 Å². The van der Waals surface area contributed by atoms with Crippen LogP contribution in [0.25, 0.3) is 6.08 Å². The van der Waals surface area contributed by atoms with E-state index < -0.39 is 5.91 Å². The number of carbonyl (C=O) groups excluding carboxylic acids is 2. The van der Waals surface area contributed by atoms with E-state index >= 15 is 0 Å². The van der Waals surface area contributed by atoms with Gasteiger partial charge in [0.25, 0.3) is 11.8 Å². The molecule has 2 aromatic rings. The van der Waals surface area contributed by atoms with Gasteiger partial charge < -0.3 is 5.11 Å². The standard InChI is InChI=1S/C15H10N2O3S3/c18-10-4-1-3-9(7-10)8-12-14(20)17(15(21)23-12)16-13(19)11-5-2-6-22-11/h1-8,18H,(H,16,19)/b12-8-. The number of phenols is 1. The lowest BCUT2D eigenvalue weighted by atomic mass is 10.2. The van der Waals surface area contributed by atoms with Crippen molar-refractivity contribution in [3.8, 4) is 5.75 Å². The lowest BCUT2D eigenvalue weighted by molar-refractivity contribution is -0.123. The summed E-state index contributed by atoms with van der Waals surface area (Å²) in [4.78, 5) is 25.3. The summed E-state index contributed by atoms with van der Waals surface area (Å²) >= 11 is 7.53. The number of carbonyl (C=O) groups is 2. The first kappa shape index (κ1) is 15.7. The van der Waals surface area contributed by atoms with Crippen molar-refractivity contribution in [3.05, 3.63) is 57.1 Å². The molecule has 3 rings (SSSR count). The maximum absolute atomic E-state index is 12.4. The molecule has 0 radical (unpaired) electrons. The number of amides is 2. The molecule has 5 nitrogen and oxygen atoms in total. The van der Waals surface area contributed by atoms with Crippen LogP contribution >= 0.6 is 35.3 Å². The summed E-state index contributed by atoms with van der Waals surface area (Å²) in [5.74, 6) is -0.664. The van der Waals surface area contributed by atoms with Gasteiger partial charge in [-0.05, 0) is 47.4 Å². The fraction of sp³-hybridized carbons (Fsp3) is 0. The highest BCUT2D eigenvalue weighted by molar-refractivity contribution is 8.26. The molecule has 2 amide bonds. The number of benzene rings is 1. The topological polar surface area (TPSA) is 69.6 Å². The van der Waals surface area contributed by atoms with Crippen molar-refractivity contribution in [2.45, 2.75) is 0 Å². The number of nitrogens with one attached hydrogen (secondary N) is 1. The van der Waals surface area contributed by atoms with E-state index in [-0.39, 0.29) is 16.0 Å². The van der Waals surface area contributed by atoms with Crippen molar-refractivity contribution in [2.75, 3.05) is 0 Å². The number of hydrogen-bond donors (Lipinski definition) is 2. The van der Waals surface area contributed by atoms with Crippen LogP contribution in [0.2, 0.25) is 0 Å². The largest absolute Gasteiger partial charge is 0.508 e. The highest BCUT2D eigenvalue weighted by Crippen LogP contribution is 2.32. The Morgan fingerprint density at radius 3 is 2.83 bits per heavy atom. The molecule has 116 valence electrons. The lowest BCUT2D eigenvalue weighted by Crippen LogP contribution is -2.44. The summed E-state index contributed by atoms with van der Waals surface area (Å²) < 4.78 is 0.256. The smallest absolute Gasteiger partial charge is 0.285 e. The number of phenolic OH excluding ortho intramolecular Hbond substituents is 1. The zero-order chi connectivity index (χ0) is 16.4. The summed E-state index contributed by atoms with van der Waals surface area (Å²) in [5, 5.41) is 12.3. The Kier molecular flexibility index (Phi) is 4.46. The number of nitrogens with zero attached hydrogens (tertiary/aromatic N) is 1. The Balaban J connectivity index is 1.79. The van der Waals surface area contributed by atoms with Crippen molar-refractivity contribution in [3.63, 3.8) is 0 Å². The second kappa shape index (κ2) is 6.53. The Labute approximate surface area is 145 Å². The maximum Gasteiger partial charge on any atom is 0.285 e. The molecule has 2 N–H and O–H groups in total. The van der Waals surface area contributed by atoms with Crippen molar-refractivity contribution in [1.82, 2.24) is 10.4 Å². The fourth-order valence-corrected chi connectivity index (χ4v) is 3.69. The lowest BCUT2D eigenvalue weighted by Gasteiger charge is -2.14. The molecule has 1 aliphatic heterocycles. The van der Waals surface area contributed by atoms with Gasteiger partial charge in [-0.15, -0.1) is 11.3 Å². The van der Waals surface area contributed by atoms with E-state index in [4.69, 9.17) is 12.2 Å². The molecular weight excluding hydrogens is 352 g/mol. The number of hydrazine groups is 1. The van der Waals surface area contributed by atoms with Crippen LogP contribution in [0.15, 0.2) is 46.7 Å². The molecule has 0 saturated carbocycles. The monoisotopic (exact) mass is 362 g/mol. The molecule has 1 aromatic heterocycles. The van der Waals surface area contributed by atoms with Crippen LogP contribution in [0, 0.1) is 0 Å². The van der Waals surface area contributed by atoms with Crippen LogP contribution in [0.1, 0.15) is 15.2 Å². The first-order valence-corrected chi connectivity index (χ1v) is 8.56. The third-order valence-electron chi connectivity index (χ3n) is 2.92. The fourth-order valence-electron chi connectivity index (χ4n) is 1.89. The predicted molar refractivity (Wildman–Crippen MR) is 94.9 cm³/mol. The summed E-state index contributed by atoms with van der Waals surface area (Å²) in [7, 11) is 0. The number of thioether (sulfide) groups is 1. The zero-order valence-corrected chi connectivity index (χ0v) is 14.0. The molecule has 0 unspecified atom stereocenters. The number of thiophene rings is 1. The van der Waals surface area contributed by atoms with Gasteiger partial charge in [0, 0.05) is 0 Å². The normalized spacial score (nSPS) is 16.2. The molecule has 8 heteroatoms. The quantitative estimate of drug-likeness (QED) is 0.649. The van der Waals surface area contributed by atoms with Crippen molar-refractivity contribution in [2.24, 2.45) is 0 Å². The molecule has 0 bridgehead atoms. The van der Waals surface area contributed by atoms with Gasteiger partial charge in [-0.3, -0.25) is 15.0 Å². The first-order valence-electron chi connectivity index (χ1n) is 6.46. The highest BCUT2D eigenvalue weighted by atomic mass is 32.2. The highest BCUT2D eigenvalue weighted by Gasteiger charge is 2.33. The Morgan fingerprint density at radius 2 is 2.13 bits per heavy atom. The summed E-state index contributed by atoms with van der Waals surface area (Å²) in [6.07, 6.45) is 1.62. The van der Waals surface area contributed by atoms with Crippen LogP contribution in [-0.4, -0.2) is 26.3 Å². The molecule has 1 aromatic carbocycles. The van der Waals surface area contributed by atoms with Crippen molar-refractivity contribution >= 4 is 57.5 Å². The molecule has 0 atom stereocenters. The molecule has 0 aliphatic carbocycles. The van der Waals surface area contributed by atoms with E-state index in [9.17, 15) is 14.7 Å². The first-order chi connectivity index (χ1) is 11.0. The van der Waals surface area contributed by atoms with Gasteiger partial charge in [0.05, 0.1) is 9.78 Å². The molecule has 1 saturated heterocycles. The summed E-state index contributed by atoms with van der Waals surface area (Å²) in [5.41, 5.74) is 3.19. The van der Waals surface area contributed by atoms with Gasteiger partial charge >= 0.3 is 0 Å². The van der Waals surface area contributed by atoms with E-state index in [1.54, 1.807) is 41.8 Å². The van der Waals surface area contributed by atoms with Crippen molar-refractivity contribution < 1.29 is 14.7 Å². The minimum atomic E-state index is -0.395. The van der Waals surface area contributed by atoms with Gasteiger partial charge in [-0.25, -0.2) is 0 Å². The van der Waals surface area contributed by atoms with Crippen LogP contribution in [0.4, 0.5) is 0 Å². The predicted octanol–water partition coefficient (Wildman–Crippen LogP) is 3.00. The van der Waals surface area contributed by atoms with Crippen LogP contribution < -0.4 is 5.43 Å². The van der Waals surface area contributed by atoms with Gasteiger partial charge in [0.2, 0.25) is 0 Å². The van der Waals surface area contributed by atoms with E-state index in [0.717, 1.165) is 16.8 Å². The minimum absolute atomic E-state index is 0.111.